The number of anilines is 1. The Labute approximate surface area is 119 Å². The van der Waals surface area contributed by atoms with E-state index in [4.69, 9.17) is 0 Å². The van der Waals surface area contributed by atoms with Crippen molar-refractivity contribution < 1.29 is 0 Å². The highest BCUT2D eigenvalue weighted by molar-refractivity contribution is 9.10. The van der Waals surface area contributed by atoms with Gasteiger partial charge in [-0.1, -0.05) is 0 Å². The molecule has 19 heavy (non-hydrogen) atoms. The number of hydrogen-bond acceptors (Lipinski definition) is 3. The van der Waals surface area contributed by atoms with Gasteiger partial charge in [-0.05, 0) is 59.0 Å². The molecule has 1 unspecified atom stereocenters. The quantitative estimate of drug-likeness (QED) is 0.836. The molecule has 0 radical (unpaired) electrons. The van der Waals surface area contributed by atoms with E-state index in [-0.39, 0.29) is 11.6 Å². The highest BCUT2D eigenvalue weighted by Crippen LogP contribution is 2.32. The fourth-order valence-corrected chi connectivity index (χ4v) is 2.90. The number of aromatic nitrogens is 2. The number of halogens is 1. The Balaban J connectivity index is 1.92. The lowest BCUT2D eigenvalue weighted by Gasteiger charge is -2.27. The minimum atomic E-state index is -0.0260. The van der Waals surface area contributed by atoms with Crippen molar-refractivity contribution in [3.8, 4) is 0 Å². The molecule has 2 N–H and O–H groups in total. The van der Waals surface area contributed by atoms with E-state index in [0.29, 0.717) is 0 Å². The Hall–Kier alpha value is -1.62. The summed E-state index contributed by atoms with van der Waals surface area (Å²) in [4.78, 5) is 18.5. The number of aryl methyl sites for hydroxylation is 1. The van der Waals surface area contributed by atoms with E-state index < -0.39 is 0 Å². The van der Waals surface area contributed by atoms with Crippen molar-refractivity contribution >= 4 is 21.6 Å². The van der Waals surface area contributed by atoms with Crippen LogP contribution in [0.25, 0.3) is 0 Å². The van der Waals surface area contributed by atoms with Crippen molar-refractivity contribution in [1.82, 2.24) is 9.97 Å². The van der Waals surface area contributed by atoms with Gasteiger partial charge in [-0.15, -0.1) is 0 Å². The minimum absolute atomic E-state index is 0.0260. The molecular weight excluding hydrogens is 306 g/mol. The van der Waals surface area contributed by atoms with Crippen molar-refractivity contribution in [2.45, 2.75) is 25.3 Å². The molecule has 4 nitrogen and oxygen atoms in total. The van der Waals surface area contributed by atoms with Gasteiger partial charge in [0.1, 0.15) is 4.60 Å². The van der Waals surface area contributed by atoms with Crippen LogP contribution in [0.3, 0.4) is 0 Å². The van der Waals surface area contributed by atoms with Gasteiger partial charge < -0.3 is 10.3 Å². The van der Waals surface area contributed by atoms with Gasteiger partial charge in [0, 0.05) is 18.0 Å². The van der Waals surface area contributed by atoms with E-state index in [2.05, 4.69) is 31.2 Å². The number of rotatable bonds is 2. The Bertz CT molecular complexity index is 653. The summed E-state index contributed by atoms with van der Waals surface area (Å²) in [5, 5.41) is 3.49. The van der Waals surface area contributed by atoms with E-state index in [1.54, 1.807) is 12.3 Å². The van der Waals surface area contributed by atoms with Gasteiger partial charge in [0.2, 0.25) is 5.56 Å². The lowest BCUT2D eigenvalue weighted by molar-refractivity contribution is 0.586. The number of hydrogen-bond donors (Lipinski definition) is 2. The maximum absolute atomic E-state index is 11.4. The molecule has 0 aromatic carbocycles. The zero-order valence-corrected chi connectivity index (χ0v) is 11.9. The second-order valence-corrected chi connectivity index (χ2v) is 5.44. The number of fused-ring (bicyclic) bond motifs is 1. The molecule has 0 amide bonds. The molecule has 0 saturated carbocycles. The molecule has 0 bridgehead atoms. The van der Waals surface area contributed by atoms with E-state index >= 15 is 0 Å². The van der Waals surface area contributed by atoms with Crippen molar-refractivity contribution in [1.29, 1.82) is 0 Å². The predicted molar refractivity (Wildman–Crippen MR) is 78.3 cm³/mol. The fourth-order valence-electron chi connectivity index (χ4n) is 2.53. The predicted octanol–water partition coefficient (Wildman–Crippen LogP) is 3.02. The molecule has 5 heteroatoms. The molecule has 0 saturated heterocycles. The van der Waals surface area contributed by atoms with Crippen molar-refractivity contribution in [2.75, 3.05) is 5.32 Å². The molecule has 1 aliphatic rings. The first-order chi connectivity index (χ1) is 9.24. The van der Waals surface area contributed by atoms with Crippen LogP contribution in [-0.2, 0) is 6.42 Å². The van der Waals surface area contributed by atoms with E-state index in [9.17, 15) is 4.79 Å². The molecule has 2 aromatic heterocycles. The highest BCUT2D eigenvalue weighted by atomic mass is 79.9. The first kappa shape index (κ1) is 12.4. The Kier molecular flexibility index (Phi) is 3.38. The lowest BCUT2D eigenvalue weighted by atomic mass is 9.91. The topological polar surface area (TPSA) is 57.8 Å². The van der Waals surface area contributed by atoms with Crippen LogP contribution in [0.4, 0.5) is 5.69 Å². The van der Waals surface area contributed by atoms with Crippen LogP contribution in [0, 0.1) is 0 Å². The van der Waals surface area contributed by atoms with Crippen LogP contribution in [0.15, 0.2) is 39.9 Å². The Morgan fingerprint density at radius 3 is 3.11 bits per heavy atom. The summed E-state index contributed by atoms with van der Waals surface area (Å²) >= 11 is 3.44. The van der Waals surface area contributed by atoms with E-state index in [1.165, 1.54) is 5.56 Å². The third-order valence-corrected chi connectivity index (χ3v) is 4.05. The molecule has 2 aromatic rings. The van der Waals surface area contributed by atoms with Crippen LogP contribution in [0.5, 0.6) is 0 Å². The molecule has 1 aliphatic carbocycles. The Morgan fingerprint density at radius 1 is 1.37 bits per heavy atom. The minimum Gasteiger partial charge on any atom is -0.376 e. The van der Waals surface area contributed by atoms with Gasteiger partial charge >= 0.3 is 0 Å². The average molecular weight is 320 g/mol. The zero-order chi connectivity index (χ0) is 13.2. The van der Waals surface area contributed by atoms with E-state index in [1.807, 2.05) is 18.2 Å². The maximum atomic E-state index is 11.4. The van der Waals surface area contributed by atoms with Crippen molar-refractivity contribution in [3.63, 3.8) is 0 Å². The number of pyridine rings is 2. The van der Waals surface area contributed by atoms with E-state index in [0.717, 1.165) is 35.2 Å². The van der Waals surface area contributed by atoms with Crippen LogP contribution in [0.2, 0.25) is 0 Å². The first-order valence-corrected chi connectivity index (χ1v) is 7.12. The maximum Gasteiger partial charge on any atom is 0.248 e. The second kappa shape index (κ2) is 5.17. The Morgan fingerprint density at radius 2 is 2.26 bits per heavy atom. The number of nitrogens with one attached hydrogen (secondary N) is 2. The SMILES string of the molecule is O=c1ccc2c([nH]1)CCCC2Nc1cccnc1Br. The van der Waals surface area contributed by atoms with Gasteiger partial charge in [-0.25, -0.2) is 4.98 Å². The van der Waals surface area contributed by atoms with Gasteiger partial charge in [0.05, 0.1) is 11.7 Å². The van der Waals surface area contributed by atoms with Crippen LogP contribution >= 0.6 is 15.9 Å². The van der Waals surface area contributed by atoms with Crippen LogP contribution in [0.1, 0.15) is 30.1 Å². The zero-order valence-electron chi connectivity index (χ0n) is 10.3. The summed E-state index contributed by atoms with van der Waals surface area (Å²) in [6, 6.07) is 7.65. The number of H-pyrrole nitrogens is 1. The van der Waals surface area contributed by atoms with Gasteiger partial charge in [-0.2, -0.15) is 0 Å². The average Bonchev–Trinajstić information content (AvgIpc) is 2.41. The van der Waals surface area contributed by atoms with Crippen LogP contribution < -0.4 is 10.9 Å². The normalized spacial score (nSPS) is 17.8. The number of aromatic amines is 1. The summed E-state index contributed by atoms with van der Waals surface area (Å²) in [6.07, 6.45) is 4.82. The lowest BCUT2D eigenvalue weighted by Crippen LogP contribution is -2.21. The third-order valence-electron chi connectivity index (χ3n) is 3.42. The summed E-state index contributed by atoms with van der Waals surface area (Å²) in [6.45, 7) is 0. The summed E-state index contributed by atoms with van der Waals surface area (Å²) in [5.74, 6) is 0. The van der Waals surface area contributed by atoms with Gasteiger partial charge in [0.15, 0.2) is 0 Å². The molecule has 0 spiro atoms. The smallest absolute Gasteiger partial charge is 0.248 e. The highest BCUT2D eigenvalue weighted by Gasteiger charge is 2.21. The first-order valence-electron chi connectivity index (χ1n) is 6.33. The van der Waals surface area contributed by atoms with Crippen LogP contribution in [-0.4, -0.2) is 9.97 Å². The molecule has 0 fully saturated rings. The van der Waals surface area contributed by atoms with Gasteiger partial charge in [0.25, 0.3) is 0 Å². The molecule has 0 aliphatic heterocycles. The molecule has 3 rings (SSSR count). The second-order valence-electron chi connectivity index (χ2n) is 4.69. The molecule has 98 valence electrons. The standard InChI is InChI=1S/C14H14BrN3O/c15-14-12(5-2-8-16-14)17-10-3-1-4-11-9(10)6-7-13(19)18-11/h2,5-8,10,17H,1,3-4H2,(H,18,19). The monoisotopic (exact) mass is 319 g/mol. The summed E-state index contributed by atoms with van der Waals surface area (Å²) in [7, 11) is 0. The summed E-state index contributed by atoms with van der Waals surface area (Å²) < 4.78 is 0.812. The fraction of sp³-hybridized carbons (Fsp3) is 0.286. The number of nitrogens with zero attached hydrogens (tertiary/aromatic N) is 1. The largest absolute Gasteiger partial charge is 0.376 e. The molecule has 1 atom stereocenters. The molecule has 2 heterocycles. The van der Waals surface area contributed by atoms with Crippen molar-refractivity contribution in [2.24, 2.45) is 0 Å². The summed E-state index contributed by atoms with van der Waals surface area (Å²) in [5.41, 5.74) is 3.19. The molecular formula is C14H14BrN3O. The van der Waals surface area contributed by atoms with Crippen molar-refractivity contribution in [3.05, 3.63) is 56.7 Å². The van der Waals surface area contributed by atoms with Gasteiger partial charge in [-0.3, -0.25) is 4.79 Å². The third kappa shape index (κ3) is 2.56.